The number of thiol groups is 1. The van der Waals surface area contributed by atoms with Gasteiger partial charge >= 0.3 is 17.9 Å². The molecular weight excluding hydrogens is 444 g/mol. The van der Waals surface area contributed by atoms with Gasteiger partial charge in [-0.05, 0) is 30.5 Å². The van der Waals surface area contributed by atoms with E-state index in [2.05, 4.69) is 28.6 Å². The van der Waals surface area contributed by atoms with Gasteiger partial charge in [0.25, 0.3) is 0 Å². The van der Waals surface area contributed by atoms with Crippen molar-refractivity contribution in [3.05, 3.63) is 29.8 Å². The van der Waals surface area contributed by atoms with E-state index >= 15 is 0 Å². The fraction of sp³-hybridized carbons (Fsp3) is 0.421. The molecule has 13 heteroatoms. The van der Waals surface area contributed by atoms with E-state index < -0.39 is 54.4 Å². The van der Waals surface area contributed by atoms with Crippen LogP contribution >= 0.6 is 12.6 Å². The molecule has 2 amide bonds. The van der Waals surface area contributed by atoms with Crippen molar-refractivity contribution in [2.24, 2.45) is 5.73 Å². The second-order valence-corrected chi connectivity index (χ2v) is 7.20. The van der Waals surface area contributed by atoms with E-state index in [-0.39, 0.29) is 25.0 Å². The minimum atomic E-state index is -1.24. The number of amides is 2. The fourth-order valence-corrected chi connectivity index (χ4v) is 2.82. The second-order valence-electron chi connectivity index (χ2n) is 6.83. The third-order valence-corrected chi connectivity index (χ3v) is 4.64. The smallest absolute Gasteiger partial charge is 0.326 e. The summed E-state index contributed by atoms with van der Waals surface area (Å²) >= 11 is 3.95. The van der Waals surface area contributed by atoms with Crippen LogP contribution in [-0.4, -0.2) is 75.5 Å². The van der Waals surface area contributed by atoms with Crippen LogP contribution in [0.5, 0.6) is 0 Å². The van der Waals surface area contributed by atoms with Gasteiger partial charge in [-0.15, -0.1) is 0 Å². The maximum absolute atomic E-state index is 12.1. The number of carbonyl (C=O) groups is 5. The molecule has 176 valence electrons. The number of benzene rings is 1. The van der Waals surface area contributed by atoms with Crippen LogP contribution in [0.15, 0.2) is 24.3 Å². The molecule has 0 aliphatic heterocycles. The van der Waals surface area contributed by atoms with Crippen molar-refractivity contribution in [2.45, 2.75) is 37.4 Å². The number of carboxylic acids is 3. The third kappa shape index (κ3) is 9.66. The average Bonchev–Trinajstić information content (AvgIpc) is 2.73. The molecule has 3 atom stereocenters. The van der Waals surface area contributed by atoms with Crippen LogP contribution in [0, 0.1) is 0 Å². The minimum Gasteiger partial charge on any atom is -0.480 e. The lowest BCUT2D eigenvalue weighted by atomic mass is 10.1. The molecular formula is C19H26N4O8S. The van der Waals surface area contributed by atoms with Gasteiger partial charge in [-0.3, -0.25) is 19.2 Å². The van der Waals surface area contributed by atoms with E-state index in [1.54, 1.807) is 24.3 Å². The molecule has 12 nitrogen and oxygen atoms in total. The van der Waals surface area contributed by atoms with Crippen LogP contribution in [0.25, 0.3) is 0 Å². The lowest BCUT2D eigenvalue weighted by Crippen LogP contribution is -2.49. The molecule has 0 fully saturated rings. The molecule has 32 heavy (non-hydrogen) atoms. The van der Waals surface area contributed by atoms with Crippen LogP contribution in [0.2, 0.25) is 0 Å². The molecule has 0 saturated carbocycles. The van der Waals surface area contributed by atoms with Gasteiger partial charge in [0.15, 0.2) is 0 Å². The van der Waals surface area contributed by atoms with Crippen LogP contribution in [0.3, 0.4) is 0 Å². The SMILES string of the molecule is N[C@@H](Cc1ccc(N[C@@H](CCC(=O)N[C@@H](CS)C(=O)NCC(=O)O)C(=O)O)cc1)C(=O)O. The van der Waals surface area contributed by atoms with Gasteiger partial charge in [0, 0.05) is 17.9 Å². The van der Waals surface area contributed by atoms with Gasteiger partial charge in [0.05, 0.1) is 0 Å². The van der Waals surface area contributed by atoms with E-state index in [0.29, 0.717) is 11.3 Å². The van der Waals surface area contributed by atoms with Crippen LogP contribution in [-0.2, 0) is 30.4 Å². The molecule has 8 N–H and O–H groups in total. The Kier molecular flexibility index (Phi) is 11.0. The Morgan fingerprint density at radius 1 is 0.969 bits per heavy atom. The van der Waals surface area contributed by atoms with Crippen molar-refractivity contribution >= 4 is 48.0 Å². The molecule has 0 bridgehead atoms. The number of hydrogen-bond acceptors (Lipinski definition) is 8. The maximum atomic E-state index is 12.1. The van der Waals surface area contributed by atoms with E-state index in [9.17, 15) is 29.1 Å². The van der Waals surface area contributed by atoms with E-state index in [4.69, 9.17) is 15.9 Å². The Labute approximate surface area is 189 Å². The molecule has 0 aromatic heterocycles. The molecule has 0 spiro atoms. The largest absolute Gasteiger partial charge is 0.480 e. The van der Waals surface area contributed by atoms with Crippen LogP contribution in [0.1, 0.15) is 18.4 Å². The summed E-state index contributed by atoms with van der Waals surface area (Å²) in [5.74, 6) is -4.95. The van der Waals surface area contributed by atoms with Gasteiger partial charge in [-0.2, -0.15) is 12.6 Å². The Morgan fingerprint density at radius 2 is 1.59 bits per heavy atom. The summed E-state index contributed by atoms with van der Waals surface area (Å²) in [6.45, 7) is -0.606. The predicted octanol–water partition coefficient (Wildman–Crippen LogP) is -1.10. The highest BCUT2D eigenvalue weighted by Crippen LogP contribution is 2.14. The molecule has 0 unspecified atom stereocenters. The highest BCUT2D eigenvalue weighted by atomic mass is 32.1. The first-order valence-corrected chi connectivity index (χ1v) is 10.1. The van der Waals surface area contributed by atoms with Gasteiger partial charge in [0.2, 0.25) is 11.8 Å². The highest BCUT2D eigenvalue weighted by molar-refractivity contribution is 7.80. The summed E-state index contributed by atoms with van der Waals surface area (Å²) in [6.07, 6.45) is -0.195. The lowest BCUT2D eigenvalue weighted by molar-refractivity contribution is -0.139. The number of carboxylic acid groups (broad SMARTS) is 3. The van der Waals surface area contributed by atoms with Crippen molar-refractivity contribution in [3.63, 3.8) is 0 Å². The Balaban J connectivity index is 2.61. The average molecular weight is 471 g/mol. The standard InChI is InChI=1S/C19H26N4O8S/c20-12(18(28)29)7-10-1-3-11(4-2-10)22-13(19(30)31)5-6-15(24)23-14(9-32)17(27)21-8-16(25)26/h1-4,12-14,22,32H,5-9,20H2,(H,21,27)(H,23,24)(H,25,26)(H,28,29)(H,30,31)/t12-,13-,14-/m0/s1. The zero-order valence-corrected chi connectivity index (χ0v) is 17.9. The number of nitrogens with one attached hydrogen (secondary N) is 3. The van der Waals surface area contributed by atoms with Gasteiger partial charge in [-0.25, -0.2) is 4.79 Å². The van der Waals surface area contributed by atoms with E-state index in [0.717, 1.165) is 0 Å². The number of aliphatic carboxylic acids is 3. The fourth-order valence-electron chi connectivity index (χ4n) is 2.56. The molecule has 0 radical (unpaired) electrons. The number of rotatable bonds is 14. The summed E-state index contributed by atoms with van der Waals surface area (Å²) < 4.78 is 0. The van der Waals surface area contributed by atoms with Gasteiger partial charge in [0.1, 0.15) is 24.7 Å². The Morgan fingerprint density at radius 3 is 2.09 bits per heavy atom. The summed E-state index contributed by atoms with van der Waals surface area (Å²) in [7, 11) is 0. The summed E-state index contributed by atoms with van der Waals surface area (Å²) in [5.41, 5.74) is 6.59. The topological polar surface area (TPSA) is 208 Å². The minimum absolute atomic E-state index is 0.0737. The normalized spacial score (nSPS) is 13.3. The Hall–Kier alpha value is -3.32. The molecule has 1 aromatic rings. The quantitative estimate of drug-likeness (QED) is 0.154. The van der Waals surface area contributed by atoms with Crippen molar-refractivity contribution in [3.8, 4) is 0 Å². The number of hydrogen-bond donors (Lipinski definition) is 8. The molecule has 0 aliphatic carbocycles. The molecule has 0 heterocycles. The molecule has 0 aliphatic rings. The maximum Gasteiger partial charge on any atom is 0.326 e. The van der Waals surface area contributed by atoms with Crippen molar-refractivity contribution in [1.82, 2.24) is 10.6 Å². The van der Waals surface area contributed by atoms with Crippen molar-refractivity contribution in [1.29, 1.82) is 0 Å². The third-order valence-electron chi connectivity index (χ3n) is 4.27. The van der Waals surface area contributed by atoms with E-state index in [1.807, 2.05) is 0 Å². The number of carbonyl (C=O) groups excluding carboxylic acids is 2. The summed E-state index contributed by atoms with van der Waals surface area (Å²) in [5, 5.41) is 34.1. The van der Waals surface area contributed by atoms with Gasteiger partial charge < -0.3 is 37.0 Å². The summed E-state index contributed by atoms with van der Waals surface area (Å²) in [4.78, 5) is 56.8. The predicted molar refractivity (Wildman–Crippen MR) is 116 cm³/mol. The lowest BCUT2D eigenvalue weighted by Gasteiger charge is -2.18. The zero-order chi connectivity index (χ0) is 24.3. The molecule has 1 rings (SSSR count). The first-order valence-electron chi connectivity index (χ1n) is 9.49. The Bertz CT molecular complexity index is 833. The number of anilines is 1. The van der Waals surface area contributed by atoms with E-state index in [1.165, 1.54) is 0 Å². The first kappa shape index (κ1) is 26.7. The number of nitrogens with two attached hydrogens (primary N) is 1. The van der Waals surface area contributed by atoms with Crippen LogP contribution < -0.4 is 21.7 Å². The second kappa shape index (κ2) is 13.2. The molecule has 1 aromatic carbocycles. The highest BCUT2D eigenvalue weighted by Gasteiger charge is 2.23. The van der Waals surface area contributed by atoms with Gasteiger partial charge in [-0.1, -0.05) is 12.1 Å². The summed E-state index contributed by atoms with van der Waals surface area (Å²) in [6, 6.07) is 3.15. The monoisotopic (exact) mass is 470 g/mol. The van der Waals surface area contributed by atoms with Crippen LogP contribution in [0.4, 0.5) is 5.69 Å². The zero-order valence-electron chi connectivity index (χ0n) is 17.0. The van der Waals surface area contributed by atoms with Crippen molar-refractivity contribution < 1.29 is 39.3 Å². The molecule has 0 saturated heterocycles. The first-order chi connectivity index (χ1) is 15.0. The van der Waals surface area contributed by atoms with Crippen molar-refractivity contribution in [2.75, 3.05) is 17.6 Å².